The van der Waals surface area contributed by atoms with Crippen LogP contribution in [0.3, 0.4) is 0 Å². The predicted molar refractivity (Wildman–Crippen MR) is 103 cm³/mol. The zero-order valence-electron chi connectivity index (χ0n) is 15.4. The quantitative estimate of drug-likeness (QED) is 0.810. The second-order valence-electron chi connectivity index (χ2n) is 7.51. The number of amides is 1. The molecule has 0 bridgehead atoms. The second kappa shape index (κ2) is 7.15. The fourth-order valence-electron chi connectivity index (χ4n) is 2.90. The molecule has 1 unspecified atom stereocenters. The molecule has 25 heavy (non-hydrogen) atoms. The largest absolute Gasteiger partial charge is 0.444 e. The Hall–Kier alpha value is -1.89. The van der Waals surface area contributed by atoms with Gasteiger partial charge in [-0.2, -0.15) is 0 Å². The summed E-state index contributed by atoms with van der Waals surface area (Å²) in [4.78, 5) is 25.3. The molecular weight excluding hydrogens is 336 g/mol. The van der Waals surface area contributed by atoms with Gasteiger partial charge >= 0.3 is 6.09 Å². The molecule has 0 saturated carbocycles. The Bertz CT molecular complexity index is 681. The molecule has 2 aliphatic heterocycles. The fraction of sp³-hybridized carbons (Fsp3) is 0.611. The summed E-state index contributed by atoms with van der Waals surface area (Å²) in [6.07, 6.45) is 3.70. The van der Waals surface area contributed by atoms with Crippen LogP contribution in [0.1, 0.15) is 33.4 Å². The second-order valence-corrected chi connectivity index (χ2v) is 8.34. The number of anilines is 1. The van der Waals surface area contributed by atoms with Gasteiger partial charge in [-0.1, -0.05) is 6.92 Å². The first-order valence-electron chi connectivity index (χ1n) is 8.72. The van der Waals surface area contributed by atoms with E-state index in [9.17, 15) is 4.79 Å². The van der Waals surface area contributed by atoms with Gasteiger partial charge in [0, 0.05) is 50.2 Å². The lowest BCUT2D eigenvalue weighted by molar-refractivity contribution is 0.0240. The number of rotatable bonds is 2. The Labute approximate surface area is 153 Å². The van der Waals surface area contributed by atoms with Crippen molar-refractivity contribution >= 4 is 34.3 Å². The van der Waals surface area contributed by atoms with Gasteiger partial charge in [-0.25, -0.2) is 9.78 Å². The molecule has 2 aliphatic rings. The van der Waals surface area contributed by atoms with Crippen LogP contribution in [0.15, 0.2) is 16.4 Å². The van der Waals surface area contributed by atoms with Gasteiger partial charge in [0.1, 0.15) is 5.60 Å². The van der Waals surface area contributed by atoms with Crippen molar-refractivity contribution in [1.29, 1.82) is 0 Å². The number of piperazine rings is 1. The number of nitrogens with zero attached hydrogens (tertiary/aromatic N) is 4. The molecule has 1 saturated heterocycles. The van der Waals surface area contributed by atoms with Crippen LogP contribution in [-0.2, 0) is 4.74 Å². The fourth-order valence-corrected chi connectivity index (χ4v) is 3.79. The van der Waals surface area contributed by atoms with E-state index in [1.165, 1.54) is 5.57 Å². The Kier molecular flexibility index (Phi) is 5.13. The number of hydrogen-bond donors (Lipinski definition) is 0. The van der Waals surface area contributed by atoms with Crippen LogP contribution in [0.25, 0.3) is 5.57 Å². The number of ether oxygens (including phenoxy) is 1. The zero-order chi connectivity index (χ0) is 18.0. The molecule has 1 amide bonds. The van der Waals surface area contributed by atoms with E-state index in [0.717, 1.165) is 30.5 Å². The van der Waals surface area contributed by atoms with Crippen molar-refractivity contribution < 1.29 is 9.53 Å². The van der Waals surface area contributed by atoms with Gasteiger partial charge in [0.05, 0.1) is 5.69 Å². The lowest BCUT2D eigenvalue weighted by Crippen LogP contribution is -2.50. The lowest BCUT2D eigenvalue weighted by Gasteiger charge is -2.35. The molecule has 3 heterocycles. The van der Waals surface area contributed by atoms with E-state index in [0.29, 0.717) is 19.0 Å². The van der Waals surface area contributed by atoms with Gasteiger partial charge in [-0.3, -0.25) is 4.99 Å². The highest BCUT2D eigenvalue weighted by atomic mass is 32.1. The number of carbonyl (C=O) groups excluding carboxylic acids is 1. The summed E-state index contributed by atoms with van der Waals surface area (Å²) in [7, 11) is 0. The average molecular weight is 362 g/mol. The van der Waals surface area contributed by atoms with Crippen molar-refractivity contribution in [2.45, 2.75) is 33.3 Å². The average Bonchev–Trinajstić information content (AvgIpc) is 3.03. The van der Waals surface area contributed by atoms with Crippen molar-refractivity contribution in [3.8, 4) is 0 Å². The first kappa shape index (κ1) is 17.9. The molecule has 0 aromatic carbocycles. The van der Waals surface area contributed by atoms with E-state index >= 15 is 0 Å². The Morgan fingerprint density at radius 3 is 2.64 bits per heavy atom. The van der Waals surface area contributed by atoms with Crippen LogP contribution < -0.4 is 4.90 Å². The molecule has 0 radical (unpaired) electrons. The molecule has 1 aromatic rings. The number of carbonyl (C=O) groups is 1. The summed E-state index contributed by atoms with van der Waals surface area (Å²) in [5, 5.41) is 3.14. The zero-order valence-corrected chi connectivity index (χ0v) is 16.2. The minimum Gasteiger partial charge on any atom is -0.444 e. The van der Waals surface area contributed by atoms with Crippen LogP contribution in [0.2, 0.25) is 0 Å². The molecule has 3 rings (SSSR count). The van der Waals surface area contributed by atoms with Crippen molar-refractivity contribution in [1.82, 2.24) is 9.88 Å². The van der Waals surface area contributed by atoms with Gasteiger partial charge in [0.2, 0.25) is 0 Å². The van der Waals surface area contributed by atoms with Crippen LogP contribution in [0.4, 0.5) is 9.93 Å². The minimum absolute atomic E-state index is 0.229. The van der Waals surface area contributed by atoms with E-state index in [1.54, 1.807) is 16.2 Å². The van der Waals surface area contributed by atoms with Gasteiger partial charge in [-0.05, 0) is 32.4 Å². The summed E-state index contributed by atoms with van der Waals surface area (Å²) in [5.74, 6) is 0.406. The van der Waals surface area contributed by atoms with E-state index < -0.39 is 5.60 Å². The summed E-state index contributed by atoms with van der Waals surface area (Å²) in [6, 6.07) is 0. The maximum absolute atomic E-state index is 12.2. The first-order chi connectivity index (χ1) is 11.8. The van der Waals surface area contributed by atoms with Crippen molar-refractivity contribution in [3.05, 3.63) is 17.2 Å². The summed E-state index contributed by atoms with van der Waals surface area (Å²) in [5.41, 5.74) is 1.85. The van der Waals surface area contributed by atoms with E-state index in [-0.39, 0.29) is 6.09 Å². The van der Waals surface area contributed by atoms with Gasteiger partial charge in [-0.15, -0.1) is 11.3 Å². The highest BCUT2D eigenvalue weighted by Gasteiger charge is 2.27. The highest BCUT2D eigenvalue weighted by Crippen LogP contribution is 2.30. The highest BCUT2D eigenvalue weighted by molar-refractivity contribution is 7.13. The van der Waals surface area contributed by atoms with E-state index in [2.05, 4.69) is 28.3 Å². The smallest absolute Gasteiger partial charge is 0.410 e. The molecule has 1 atom stereocenters. The summed E-state index contributed by atoms with van der Waals surface area (Å²) in [6.45, 7) is 11.6. The predicted octanol–water partition coefficient (Wildman–Crippen LogP) is 3.30. The first-order valence-corrected chi connectivity index (χ1v) is 9.60. The Morgan fingerprint density at radius 1 is 1.28 bits per heavy atom. The molecule has 6 nitrogen and oxygen atoms in total. The summed E-state index contributed by atoms with van der Waals surface area (Å²) >= 11 is 1.67. The Morgan fingerprint density at radius 2 is 2.00 bits per heavy atom. The van der Waals surface area contributed by atoms with Crippen molar-refractivity contribution in [3.63, 3.8) is 0 Å². The van der Waals surface area contributed by atoms with E-state index in [1.807, 2.05) is 27.0 Å². The lowest BCUT2D eigenvalue weighted by atomic mass is 9.97. The number of aromatic nitrogens is 1. The molecule has 136 valence electrons. The van der Waals surface area contributed by atoms with Crippen LogP contribution >= 0.6 is 11.3 Å². The van der Waals surface area contributed by atoms with E-state index in [4.69, 9.17) is 9.72 Å². The van der Waals surface area contributed by atoms with Crippen molar-refractivity contribution in [2.75, 3.05) is 37.6 Å². The number of hydrogen-bond acceptors (Lipinski definition) is 6. The minimum atomic E-state index is -0.452. The van der Waals surface area contributed by atoms with Gasteiger partial charge < -0.3 is 14.5 Å². The molecular formula is C18H26N4O2S. The topological polar surface area (TPSA) is 58.0 Å². The van der Waals surface area contributed by atoms with Crippen LogP contribution in [-0.4, -0.2) is 60.5 Å². The molecule has 1 fully saturated rings. The summed E-state index contributed by atoms with van der Waals surface area (Å²) < 4.78 is 5.45. The third-order valence-electron chi connectivity index (χ3n) is 4.26. The number of thiazole rings is 1. The maximum atomic E-state index is 12.2. The molecule has 7 heteroatoms. The monoisotopic (exact) mass is 362 g/mol. The molecule has 0 spiro atoms. The maximum Gasteiger partial charge on any atom is 0.410 e. The third-order valence-corrected chi connectivity index (χ3v) is 5.16. The molecule has 0 aliphatic carbocycles. The number of allylic oxidation sites excluding steroid dienone is 1. The molecule has 0 N–H and O–H groups in total. The van der Waals surface area contributed by atoms with Gasteiger partial charge in [0.15, 0.2) is 5.13 Å². The van der Waals surface area contributed by atoms with Crippen molar-refractivity contribution in [2.24, 2.45) is 10.9 Å². The Balaban J connectivity index is 1.60. The standard InChI is InChI=1S/C18H26N4O2S/c1-13-11-19-6-5-14(13)15-12-25-16(20-15)21-7-9-22(10-8-21)17(23)24-18(2,3)4/h5-6,12-13H,7-11H2,1-4H3. The number of dihydropyridines is 1. The van der Waals surface area contributed by atoms with Crippen LogP contribution in [0, 0.1) is 5.92 Å². The van der Waals surface area contributed by atoms with Gasteiger partial charge in [0.25, 0.3) is 0 Å². The van der Waals surface area contributed by atoms with Crippen LogP contribution in [0.5, 0.6) is 0 Å². The third kappa shape index (κ3) is 4.39. The number of aliphatic imine (C=N–C) groups is 1. The molecule has 1 aromatic heterocycles. The normalized spacial score (nSPS) is 21.3. The SMILES string of the molecule is CC1CN=CC=C1c1csc(N2CCN(C(=O)OC(C)(C)C)CC2)n1.